The fourth-order valence-corrected chi connectivity index (χ4v) is 4.64. The van der Waals surface area contributed by atoms with Crippen LogP contribution >= 0.6 is 0 Å². The molecule has 2 nitrogen and oxygen atoms in total. The van der Waals surface area contributed by atoms with Crippen molar-refractivity contribution in [1.29, 1.82) is 0 Å². The van der Waals surface area contributed by atoms with E-state index in [-0.39, 0.29) is 0 Å². The third-order valence-electron chi connectivity index (χ3n) is 5.89. The molecule has 1 saturated heterocycles. The number of likely N-dealkylation sites (tertiary alicyclic amines) is 1. The number of rotatable bonds is 5. The number of hydrogen-bond donors (Lipinski definition) is 1. The molecule has 2 saturated carbocycles. The van der Waals surface area contributed by atoms with Crippen LogP contribution < -0.4 is 5.32 Å². The highest BCUT2D eigenvalue weighted by atomic mass is 15.1. The molecule has 0 radical (unpaired) electrons. The Morgan fingerprint density at radius 1 is 0.842 bits per heavy atom. The van der Waals surface area contributed by atoms with Crippen LogP contribution in [0.3, 0.4) is 0 Å². The maximum Gasteiger partial charge on any atom is 0.0107 e. The van der Waals surface area contributed by atoms with E-state index in [2.05, 4.69) is 10.2 Å². The van der Waals surface area contributed by atoms with E-state index in [4.69, 9.17) is 0 Å². The molecular weight excluding hydrogens is 232 g/mol. The molecule has 3 fully saturated rings. The topological polar surface area (TPSA) is 15.3 Å². The fraction of sp³-hybridized carbons (Fsp3) is 1.00. The average molecular weight is 264 g/mol. The predicted molar refractivity (Wildman–Crippen MR) is 81.3 cm³/mol. The van der Waals surface area contributed by atoms with E-state index in [0.29, 0.717) is 0 Å². The Morgan fingerprint density at radius 2 is 1.58 bits per heavy atom. The predicted octanol–water partition coefficient (Wildman–Crippen LogP) is 3.28. The highest BCUT2D eigenvalue weighted by Gasteiger charge is 2.30. The lowest BCUT2D eigenvalue weighted by Gasteiger charge is -2.41. The van der Waals surface area contributed by atoms with Crippen molar-refractivity contribution in [2.24, 2.45) is 17.8 Å². The second-order valence-electron chi connectivity index (χ2n) is 7.25. The molecule has 0 bridgehead atoms. The minimum atomic E-state index is 0.990. The van der Waals surface area contributed by atoms with Gasteiger partial charge in [0.05, 0.1) is 0 Å². The number of fused-ring (bicyclic) bond motifs is 1. The summed E-state index contributed by atoms with van der Waals surface area (Å²) in [6.07, 6.45) is 13.4. The van der Waals surface area contributed by atoms with Gasteiger partial charge in [-0.05, 0) is 56.5 Å². The van der Waals surface area contributed by atoms with Crippen molar-refractivity contribution in [2.45, 2.75) is 57.8 Å². The molecule has 110 valence electrons. The van der Waals surface area contributed by atoms with Crippen LogP contribution in [-0.2, 0) is 0 Å². The van der Waals surface area contributed by atoms with Crippen molar-refractivity contribution in [3.05, 3.63) is 0 Å². The Hall–Kier alpha value is -0.0800. The van der Waals surface area contributed by atoms with E-state index in [1.807, 2.05) is 0 Å². The Bertz CT molecular complexity index is 260. The van der Waals surface area contributed by atoms with E-state index < -0.39 is 0 Å². The van der Waals surface area contributed by atoms with Crippen LogP contribution in [0.2, 0.25) is 0 Å². The smallest absolute Gasteiger partial charge is 0.0107 e. The van der Waals surface area contributed by atoms with Gasteiger partial charge in [0.25, 0.3) is 0 Å². The molecule has 2 atom stereocenters. The van der Waals surface area contributed by atoms with E-state index in [1.165, 1.54) is 90.5 Å². The summed E-state index contributed by atoms with van der Waals surface area (Å²) in [5.74, 6) is 3.11. The minimum Gasteiger partial charge on any atom is -0.315 e. The largest absolute Gasteiger partial charge is 0.315 e. The summed E-state index contributed by atoms with van der Waals surface area (Å²) in [7, 11) is 0. The van der Waals surface area contributed by atoms with Gasteiger partial charge in [-0.1, -0.05) is 32.1 Å². The molecule has 3 rings (SSSR count). The monoisotopic (exact) mass is 264 g/mol. The standard InChI is InChI=1S/C17H32N2/c1-2-6-15(5-1)13-18-10-12-19-11-9-16-7-3-4-8-17(16)14-19/h15-18H,1-14H2. The molecule has 1 aliphatic heterocycles. The molecule has 0 amide bonds. The molecule has 0 aromatic rings. The van der Waals surface area contributed by atoms with Crippen LogP contribution in [0.1, 0.15) is 57.8 Å². The average Bonchev–Trinajstić information content (AvgIpc) is 2.97. The quantitative estimate of drug-likeness (QED) is 0.767. The van der Waals surface area contributed by atoms with Gasteiger partial charge in [-0.2, -0.15) is 0 Å². The third kappa shape index (κ3) is 3.95. The van der Waals surface area contributed by atoms with Crippen LogP contribution in [0.4, 0.5) is 0 Å². The van der Waals surface area contributed by atoms with Gasteiger partial charge in [-0.25, -0.2) is 0 Å². The SMILES string of the molecule is C1CCC(CNCCN2CCC3CCCCC3C2)C1. The minimum absolute atomic E-state index is 0.990. The van der Waals surface area contributed by atoms with E-state index in [1.54, 1.807) is 0 Å². The number of hydrogen-bond acceptors (Lipinski definition) is 2. The number of piperidine rings is 1. The molecule has 0 aromatic heterocycles. The summed E-state index contributed by atoms with van der Waals surface area (Å²) in [6.45, 7) is 6.55. The van der Waals surface area contributed by atoms with Gasteiger partial charge in [0.2, 0.25) is 0 Å². The van der Waals surface area contributed by atoms with Crippen molar-refractivity contribution in [2.75, 3.05) is 32.7 Å². The lowest BCUT2D eigenvalue weighted by Crippen LogP contribution is -2.44. The summed E-state index contributed by atoms with van der Waals surface area (Å²) >= 11 is 0. The zero-order chi connectivity index (χ0) is 12.9. The van der Waals surface area contributed by atoms with Crippen LogP contribution in [-0.4, -0.2) is 37.6 Å². The zero-order valence-electron chi connectivity index (χ0n) is 12.6. The summed E-state index contributed by atoms with van der Waals surface area (Å²) < 4.78 is 0. The first-order chi connectivity index (χ1) is 9.42. The molecule has 2 heteroatoms. The normalized spacial score (nSPS) is 33.5. The van der Waals surface area contributed by atoms with Gasteiger partial charge < -0.3 is 10.2 Å². The second-order valence-corrected chi connectivity index (χ2v) is 7.25. The summed E-state index contributed by atoms with van der Waals surface area (Å²) in [4.78, 5) is 2.73. The van der Waals surface area contributed by atoms with E-state index in [0.717, 1.165) is 17.8 Å². The lowest BCUT2D eigenvalue weighted by molar-refractivity contribution is 0.0874. The Morgan fingerprint density at radius 3 is 2.42 bits per heavy atom. The number of nitrogens with zero attached hydrogens (tertiary/aromatic N) is 1. The van der Waals surface area contributed by atoms with Gasteiger partial charge in [0.1, 0.15) is 0 Å². The first-order valence-corrected chi connectivity index (χ1v) is 8.85. The molecule has 2 aliphatic carbocycles. The van der Waals surface area contributed by atoms with Crippen LogP contribution in [0.25, 0.3) is 0 Å². The Labute approximate surface area is 119 Å². The Balaban J connectivity index is 1.30. The first-order valence-electron chi connectivity index (χ1n) is 8.85. The Kier molecular flexibility index (Phi) is 5.17. The van der Waals surface area contributed by atoms with Crippen molar-refractivity contribution in [1.82, 2.24) is 10.2 Å². The summed E-state index contributed by atoms with van der Waals surface area (Å²) in [5.41, 5.74) is 0. The summed E-state index contributed by atoms with van der Waals surface area (Å²) in [5, 5.41) is 3.70. The molecule has 1 heterocycles. The summed E-state index contributed by atoms with van der Waals surface area (Å²) in [6, 6.07) is 0. The maximum absolute atomic E-state index is 3.70. The highest BCUT2D eigenvalue weighted by molar-refractivity contribution is 4.83. The highest BCUT2D eigenvalue weighted by Crippen LogP contribution is 2.35. The maximum atomic E-state index is 3.70. The molecule has 3 aliphatic rings. The molecule has 19 heavy (non-hydrogen) atoms. The zero-order valence-corrected chi connectivity index (χ0v) is 12.6. The molecule has 0 spiro atoms. The van der Waals surface area contributed by atoms with Gasteiger partial charge in [0.15, 0.2) is 0 Å². The van der Waals surface area contributed by atoms with Gasteiger partial charge in [-0.15, -0.1) is 0 Å². The number of nitrogens with one attached hydrogen (secondary N) is 1. The molecular formula is C17H32N2. The third-order valence-corrected chi connectivity index (χ3v) is 5.89. The molecule has 2 unspecified atom stereocenters. The lowest BCUT2D eigenvalue weighted by atomic mass is 9.75. The van der Waals surface area contributed by atoms with Gasteiger partial charge >= 0.3 is 0 Å². The van der Waals surface area contributed by atoms with Crippen LogP contribution in [0.15, 0.2) is 0 Å². The van der Waals surface area contributed by atoms with Crippen molar-refractivity contribution in [3.8, 4) is 0 Å². The van der Waals surface area contributed by atoms with Gasteiger partial charge in [0, 0.05) is 19.6 Å². The van der Waals surface area contributed by atoms with Crippen molar-refractivity contribution >= 4 is 0 Å². The molecule has 1 N–H and O–H groups in total. The van der Waals surface area contributed by atoms with Crippen LogP contribution in [0.5, 0.6) is 0 Å². The molecule has 0 aromatic carbocycles. The van der Waals surface area contributed by atoms with Crippen molar-refractivity contribution in [3.63, 3.8) is 0 Å². The van der Waals surface area contributed by atoms with Crippen LogP contribution in [0, 0.1) is 17.8 Å². The second kappa shape index (κ2) is 7.08. The fourth-order valence-electron chi connectivity index (χ4n) is 4.64. The van der Waals surface area contributed by atoms with Gasteiger partial charge in [-0.3, -0.25) is 0 Å². The van der Waals surface area contributed by atoms with E-state index in [9.17, 15) is 0 Å². The first kappa shape index (κ1) is 13.9. The van der Waals surface area contributed by atoms with Crippen molar-refractivity contribution < 1.29 is 0 Å². The van der Waals surface area contributed by atoms with E-state index >= 15 is 0 Å².